The molecule has 1 atom stereocenters. The Morgan fingerprint density at radius 1 is 1.33 bits per heavy atom. The van der Waals surface area contributed by atoms with Crippen LogP contribution in [0.4, 0.5) is 0 Å². The number of benzene rings is 1. The van der Waals surface area contributed by atoms with Crippen LogP contribution in [0.15, 0.2) is 34.7 Å². The lowest BCUT2D eigenvalue weighted by atomic mass is 10.1. The molecular formula is C11H12N3O. The first kappa shape index (κ1) is 9.86. The first-order valence-electron chi connectivity index (χ1n) is 4.85. The van der Waals surface area contributed by atoms with Gasteiger partial charge >= 0.3 is 6.39 Å². The largest absolute Gasteiger partial charge is 0.415 e. The molecule has 0 aliphatic rings. The molecule has 0 fully saturated rings. The van der Waals surface area contributed by atoms with Crippen molar-refractivity contribution in [1.82, 2.24) is 10.2 Å². The maximum atomic E-state index is 5.87. The quantitative estimate of drug-likeness (QED) is 0.816. The fraction of sp³-hybridized carbons (Fsp3) is 0.273. The van der Waals surface area contributed by atoms with Crippen molar-refractivity contribution in [1.29, 1.82) is 0 Å². The molecule has 1 heterocycles. The molecule has 0 aliphatic heterocycles. The Labute approximate surface area is 88.1 Å². The molecule has 77 valence electrons. The average molecular weight is 202 g/mol. The highest BCUT2D eigenvalue weighted by molar-refractivity contribution is 5.14. The van der Waals surface area contributed by atoms with Crippen molar-refractivity contribution in [3.05, 3.63) is 48.2 Å². The van der Waals surface area contributed by atoms with E-state index in [9.17, 15) is 0 Å². The molecule has 4 heteroatoms. The van der Waals surface area contributed by atoms with Gasteiger partial charge in [-0.1, -0.05) is 30.3 Å². The van der Waals surface area contributed by atoms with E-state index in [4.69, 9.17) is 10.2 Å². The lowest BCUT2D eigenvalue weighted by molar-refractivity contribution is 0.431. The summed E-state index contributed by atoms with van der Waals surface area (Å²) in [4.78, 5) is 0. The summed E-state index contributed by atoms with van der Waals surface area (Å²) in [7, 11) is 0. The topological polar surface area (TPSA) is 64.9 Å². The predicted molar refractivity (Wildman–Crippen MR) is 54.8 cm³/mol. The lowest BCUT2D eigenvalue weighted by Crippen LogP contribution is -2.11. The molecule has 0 amide bonds. The maximum absolute atomic E-state index is 5.87. The molecule has 1 unspecified atom stereocenters. The molecule has 15 heavy (non-hydrogen) atoms. The van der Waals surface area contributed by atoms with Gasteiger partial charge < -0.3 is 10.2 Å². The van der Waals surface area contributed by atoms with Crippen LogP contribution < -0.4 is 5.73 Å². The molecule has 1 aromatic carbocycles. The van der Waals surface area contributed by atoms with E-state index in [1.165, 1.54) is 5.56 Å². The van der Waals surface area contributed by atoms with Crippen LogP contribution >= 0.6 is 0 Å². The van der Waals surface area contributed by atoms with Crippen LogP contribution in [0.2, 0.25) is 0 Å². The number of hydrogen-bond acceptors (Lipinski definition) is 4. The molecule has 2 rings (SSSR count). The number of aryl methyl sites for hydroxylation is 1. The van der Waals surface area contributed by atoms with Crippen LogP contribution in [0.3, 0.4) is 0 Å². The van der Waals surface area contributed by atoms with Gasteiger partial charge in [-0.15, -0.1) is 10.2 Å². The van der Waals surface area contributed by atoms with Crippen LogP contribution in [0.1, 0.15) is 23.9 Å². The average Bonchev–Trinajstić information content (AvgIpc) is 2.81. The number of hydrogen-bond donors (Lipinski definition) is 1. The summed E-state index contributed by atoms with van der Waals surface area (Å²) in [5, 5.41) is 7.21. The van der Waals surface area contributed by atoms with Gasteiger partial charge in [0.15, 0.2) is 0 Å². The number of nitrogens with two attached hydrogens (primary N) is 1. The van der Waals surface area contributed by atoms with Gasteiger partial charge in [-0.3, -0.25) is 0 Å². The molecule has 0 bridgehead atoms. The monoisotopic (exact) mass is 202 g/mol. The second-order valence-electron chi connectivity index (χ2n) is 3.36. The Hall–Kier alpha value is -1.68. The highest BCUT2D eigenvalue weighted by Gasteiger charge is 2.11. The standard InChI is InChI=1S/C11H12N3O/c12-10(11-14-13-8-15-11)7-6-9-4-2-1-3-5-9/h1-5,10H,6-7,12H2. The maximum Gasteiger partial charge on any atom is 0.305 e. The molecule has 2 aromatic rings. The zero-order valence-corrected chi connectivity index (χ0v) is 8.26. The Morgan fingerprint density at radius 3 is 2.80 bits per heavy atom. The lowest BCUT2D eigenvalue weighted by Gasteiger charge is -2.06. The fourth-order valence-corrected chi connectivity index (χ4v) is 1.40. The highest BCUT2D eigenvalue weighted by atomic mass is 16.4. The molecule has 0 saturated carbocycles. The first-order chi connectivity index (χ1) is 7.36. The Kier molecular flexibility index (Phi) is 3.09. The zero-order valence-electron chi connectivity index (χ0n) is 8.26. The van der Waals surface area contributed by atoms with Gasteiger partial charge in [-0.2, -0.15) is 0 Å². The van der Waals surface area contributed by atoms with Crippen molar-refractivity contribution >= 4 is 0 Å². The normalized spacial score (nSPS) is 12.6. The van der Waals surface area contributed by atoms with Crippen LogP contribution in [-0.4, -0.2) is 10.2 Å². The molecule has 0 aliphatic carbocycles. The van der Waals surface area contributed by atoms with Crippen LogP contribution in [0.25, 0.3) is 0 Å². The summed E-state index contributed by atoms with van der Waals surface area (Å²) in [6.07, 6.45) is 3.99. The summed E-state index contributed by atoms with van der Waals surface area (Å²) in [6.45, 7) is 0. The minimum Gasteiger partial charge on any atom is -0.415 e. The Bertz CT molecular complexity index is 385. The molecule has 0 spiro atoms. The number of nitrogens with zero attached hydrogens (tertiary/aromatic N) is 2. The fourth-order valence-electron chi connectivity index (χ4n) is 1.40. The highest BCUT2D eigenvalue weighted by Crippen LogP contribution is 2.13. The first-order valence-corrected chi connectivity index (χ1v) is 4.85. The molecule has 1 radical (unpaired) electrons. The second kappa shape index (κ2) is 4.70. The van der Waals surface area contributed by atoms with Gasteiger partial charge in [0.1, 0.15) is 0 Å². The smallest absolute Gasteiger partial charge is 0.305 e. The van der Waals surface area contributed by atoms with Gasteiger partial charge in [-0.05, 0) is 18.4 Å². The van der Waals surface area contributed by atoms with E-state index in [1.807, 2.05) is 18.2 Å². The third kappa shape index (κ3) is 2.63. The van der Waals surface area contributed by atoms with Crippen molar-refractivity contribution in [2.75, 3.05) is 0 Å². The van der Waals surface area contributed by atoms with E-state index in [0.717, 1.165) is 12.8 Å². The number of aromatic nitrogens is 2. The van der Waals surface area contributed by atoms with Crippen LogP contribution in [0.5, 0.6) is 0 Å². The molecule has 4 nitrogen and oxygen atoms in total. The third-order valence-corrected chi connectivity index (χ3v) is 2.24. The molecular weight excluding hydrogens is 190 g/mol. The summed E-state index contributed by atoms with van der Waals surface area (Å²) < 4.78 is 4.91. The van der Waals surface area contributed by atoms with E-state index >= 15 is 0 Å². The summed E-state index contributed by atoms with van der Waals surface area (Å²) in [5.41, 5.74) is 7.13. The summed E-state index contributed by atoms with van der Waals surface area (Å²) in [5.74, 6) is 0.450. The Balaban J connectivity index is 1.89. The third-order valence-electron chi connectivity index (χ3n) is 2.24. The summed E-state index contributed by atoms with van der Waals surface area (Å²) in [6, 6.07) is 9.97. The van der Waals surface area contributed by atoms with E-state index in [0.29, 0.717) is 5.89 Å². The van der Waals surface area contributed by atoms with Crippen molar-refractivity contribution < 1.29 is 4.42 Å². The van der Waals surface area contributed by atoms with Crippen LogP contribution in [0, 0.1) is 6.39 Å². The SMILES string of the molecule is NC(CCc1ccccc1)c1nn[c]o1. The zero-order chi connectivity index (χ0) is 10.5. The van der Waals surface area contributed by atoms with Crippen molar-refractivity contribution in [2.45, 2.75) is 18.9 Å². The molecule has 1 aromatic heterocycles. The number of rotatable bonds is 4. The predicted octanol–water partition coefficient (Wildman–Crippen LogP) is 1.50. The van der Waals surface area contributed by atoms with Gasteiger partial charge in [0.2, 0.25) is 5.89 Å². The van der Waals surface area contributed by atoms with Crippen molar-refractivity contribution in [3.63, 3.8) is 0 Å². The van der Waals surface area contributed by atoms with Crippen molar-refractivity contribution in [2.24, 2.45) is 5.73 Å². The summed E-state index contributed by atoms with van der Waals surface area (Å²) >= 11 is 0. The van der Waals surface area contributed by atoms with E-state index < -0.39 is 0 Å². The Morgan fingerprint density at radius 2 is 2.13 bits per heavy atom. The van der Waals surface area contributed by atoms with Gasteiger partial charge in [-0.25, -0.2) is 0 Å². The van der Waals surface area contributed by atoms with E-state index in [1.54, 1.807) is 0 Å². The van der Waals surface area contributed by atoms with E-state index in [2.05, 4.69) is 28.7 Å². The van der Waals surface area contributed by atoms with Crippen LogP contribution in [-0.2, 0) is 6.42 Å². The second-order valence-corrected chi connectivity index (χ2v) is 3.36. The van der Waals surface area contributed by atoms with Crippen molar-refractivity contribution in [3.8, 4) is 0 Å². The molecule has 2 N–H and O–H groups in total. The minimum atomic E-state index is -0.205. The van der Waals surface area contributed by atoms with Gasteiger partial charge in [0.25, 0.3) is 0 Å². The van der Waals surface area contributed by atoms with Gasteiger partial charge in [0, 0.05) is 0 Å². The minimum absolute atomic E-state index is 0.205. The van der Waals surface area contributed by atoms with E-state index in [-0.39, 0.29) is 6.04 Å². The molecule has 0 saturated heterocycles. The van der Waals surface area contributed by atoms with Gasteiger partial charge in [0.05, 0.1) is 6.04 Å².